The van der Waals surface area contributed by atoms with Crippen molar-refractivity contribution in [2.45, 2.75) is 38.5 Å². The number of nitrogens with two attached hydrogens (primary N) is 1. The predicted octanol–water partition coefficient (Wildman–Crippen LogP) is 4.00. The van der Waals surface area contributed by atoms with Crippen molar-refractivity contribution in [2.75, 3.05) is 5.73 Å². The van der Waals surface area contributed by atoms with Crippen molar-refractivity contribution in [3.8, 4) is 0 Å². The van der Waals surface area contributed by atoms with Crippen LogP contribution in [-0.2, 0) is 0 Å². The number of rotatable bonds is 1. The first-order chi connectivity index (χ1) is 6.68. The molecule has 0 aromatic heterocycles. The van der Waals surface area contributed by atoms with Crippen LogP contribution in [0.4, 0.5) is 5.69 Å². The monoisotopic (exact) mass is 253 g/mol. The van der Waals surface area contributed by atoms with Crippen molar-refractivity contribution < 1.29 is 0 Å². The van der Waals surface area contributed by atoms with Gasteiger partial charge in [0.2, 0.25) is 0 Å². The van der Waals surface area contributed by atoms with Gasteiger partial charge < -0.3 is 5.73 Å². The summed E-state index contributed by atoms with van der Waals surface area (Å²) in [4.78, 5) is 0. The van der Waals surface area contributed by atoms with E-state index in [0.29, 0.717) is 5.92 Å². The molecule has 1 aromatic rings. The molecular formula is C12H16BrN. The van der Waals surface area contributed by atoms with Crippen molar-refractivity contribution in [3.05, 3.63) is 27.7 Å². The molecule has 2 rings (SSSR count). The fourth-order valence-corrected chi connectivity index (χ4v) is 2.94. The Morgan fingerprint density at radius 3 is 2.57 bits per heavy atom. The van der Waals surface area contributed by atoms with E-state index in [1.54, 1.807) is 0 Å². The highest BCUT2D eigenvalue weighted by atomic mass is 79.9. The Labute approximate surface area is 93.8 Å². The third-order valence-corrected chi connectivity index (χ3v) is 3.64. The van der Waals surface area contributed by atoms with E-state index in [2.05, 4.69) is 35.0 Å². The Bertz CT molecular complexity index is 340. The number of nitrogen functional groups attached to an aromatic ring is 1. The SMILES string of the molecule is Cc1cc(Br)cc(C2CCCC2)c1N. The van der Waals surface area contributed by atoms with Gasteiger partial charge in [0.05, 0.1) is 0 Å². The molecule has 0 atom stereocenters. The van der Waals surface area contributed by atoms with Crippen LogP contribution in [0.1, 0.15) is 42.7 Å². The number of halogens is 1. The summed E-state index contributed by atoms with van der Waals surface area (Å²) >= 11 is 3.54. The zero-order valence-corrected chi connectivity index (χ0v) is 10.1. The molecule has 1 saturated carbocycles. The lowest BCUT2D eigenvalue weighted by Crippen LogP contribution is -2.01. The molecule has 1 aliphatic carbocycles. The third kappa shape index (κ3) is 1.81. The highest BCUT2D eigenvalue weighted by Crippen LogP contribution is 2.39. The van der Waals surface area contributed by atoms with E-state index < -0.39 is 0 Å². The van der Waals surface area contributed by atoms with E-state index in [9.17, 15) is 0 Å². The van der Waals surface area contributed by atoms with Crippen LogP contribution in [0.5, 0.6) is 0 Å². The predicted molar refractivity (Wildman–Crippen MR) is 64.5 cm³/mol. The van der Waals surface area contributed by atoms with Crippen molar-refractivity contribution in [1.82, 2.24) is 0 Å². The molecule has 1 fully saturated rings. The zero-order chi connectivity index (χ0) is 10.1. The second kappa shape index (κ2) is 3.93. The maximum Gasteiger partial charge on any atom is 0.0379 e. The number of benzene rings is 1. The van der Waals surface area contributed by atoms with Gasteiger partial charge in [-0.25, -0.2) is 0 Å². The maximum absolute atomic E-state index is 6.11. The van der Waals surface area contributed by atoms with Gasteiger partial charge in [-0.05, 0) is 48.9 Å². The van der Waals surface area contributed by atoms with E-state index in [0.717, 1.165) is 10.2 Å². The molecule has 2 heteroatoms. The van der Waals surface area contributed by atoms with Gasteiger partial charge in [-0.3, -0.25) is 0 Å². The van der Waals surface area contributed by atoms with Crippen molar-refractivity contribution in [3.63, 3.8) is 0 Å². The molecule has 0 unspecified atom stereocenters. The maximum atomic E-state index is 6.11. The number of aryl methyl sites for hydroxylation is 1. The normalized spacial score (nSPS) is 17.6. The van der Waals surface area contributed by atoms with E-state index in [4.69, 9.17) is 5.73 Å². The van der Waals surface area contributed by atoms with Crippen LogP contribution in [0.3, 0.4) is 0 Å². The van der Waals surface area contributed by atoms with Crippen LogP contribution in [0.15, 0.2) is 16.6 Å². The van der Waals surface area contributed by atoms with Crippen molar-refractivity contribution in [1.29, 1.82) is 0 Å². The van der Waals surface area contributed by atoms with Gasteiger partial charge in [0.1, 0.15) is 0 Å². The van der Waals surface area contributed by atoms with Crippen LogP contribution in [0.2, 0.25) is 0 Å². The highest BCUT2D eigenvalue weighted by molar-refractivity contribution is 9.10. The van der Waals surface area contributed by atoms with Crippen LogP contribution in [0.25, 0.3) is 0 Å². The van der Waals surface area contributed by atoms with E-state index >= 15 is 0 Å². The highest BCUT2D eigenvalue weighted by Gasteiger charge is 2.20. The molecule has 0 radical (unpaired) electrons. The smallest absolute Gasteiger partial charge is 0.0379 e. The molecule has 1 nitrogen and oxygen atoms in total. The van der Waals surface area contributed by atoms with Crippen LogP contribution in [-0.4, -0.2) is 0 Å². The zero-order valence-electron chi connectivity index (χ0n) is 8.52. The first kappa shape index (κ1) is 10.0. The molecule has 2 N–H and O–H groups in total. The summed E-state index contributed by atoms with van der Waals surface area (Å²) in [6.45, 7) is 2.08. The summed E-state index contributed by atoms with van der Waals surface area (Å²) in [5, 5.41) is 0. The Balaban J connectivity index is 2.40. The Hall–Kier alpha value is -0.500. The fourth-order valence-electron chi connectivity index (χ4n) is 2.35. The molecule has 1 aliphatic rings. The summed E-state index contributed by atoms with van der Waals surface area (Å²) in [7, 11) is 0. The molecule has 0 spiro atoms. The number of hydrogen-bond donors (Lipinski definition) is 1. The lowest BCUT2D eigenvalue weighted by atomic mass is 9.94. The van der Waals surface area contributed by atoms with Gasteiger partial charge >= 0.3 is 0 Å². The molecule has 0 heterocycles. The van der Waals surface area contributed by atoms with Gasteiger partial charge in [0, 0.05) is 10.2 Å². The summed E-state index contributed by atoms with van der Waals surface area (Å²) < 4.78 is 1.16. The topological polar surface area (TPSA) is 26.0 Å². The first-order valence-corrected chi connectivity index (χ1v) is 6.03. The quantitative estimate of drug-likeness (QED) is 0.753. The minimum atomic E-state index is 0.700. The average Bonchev–Trinajstić information content (AvgIpc) is 2.63. The molecule has 0 amide bonds. The van der Waals surface area contributed by atoms with E-state index in [1.807, 2.05) is 0 Å². The summed E-state index contributed by atoms with van der Waals surface area (Å²) in [6.07, 6.45) is 5.32. The van der Waals surface area contributed by atoms with Crippen LogP contribution >= 0.6 is 15.9 Å². The Morgan fingerprint density at radius 2 is 1.93 bits per heavy atom. The van der Waals surface area contributed by atoms with E-state index in [1.165, 1.54) is 36.8 Å². The van der Waals surface area contributed by atoms with Gasteiger partial charge in [0.25, 0.3) is 0 Å². The number of hydrogen-bond acceptors (Lipinski definition) is 1. The van der Waals surface area contributed by atoms with Gasteiger partial charge in [0.15, 0.2) is 0 Å². The summed E-state index contributed by atoms with van der Waals surface area (Å²) in [6, 6.07) is 4.28. The minimum Gasteiger partial charge on any atom is -0.398 e. The molecule has 14 heavy (non-hydrogen) atoms. The van der Waals surface area contributed by atoms with Crippen LogP contribution in [0, 0.1) is 6.92 Å². The molecule has 0 bridgehead atoms. The summed E-state index contributed by atoms with van der Waals surface area (Å²) in [5.74, 6) is 0.700. The summed E-state index contributed by atoms with van der Waals surface area (Å²) in [5.41, 5.74) is 9.66. The lowest BCUT2D eigenvalue weighted by Gasteiger charge is -2.15. The second-order valence-electron chi connectivity index (χ2n) is 4.21. The standard InChI is InChI=1S/C12H16BrN/c1-8-6-10(13)7-11(12(8)14)9-4-2-3-5-9/h6-7,9H,2-5,14H2,1H3. The Morgan fingerprint density at radius 1 is 1.29 bits per heavy atom. The largest absolute Gasteiger partial charge is 0.398 e. The fraction of sp³-hybridized carbons (Fsp3) is 0.500. The average molecular weight is 254 g/mol. The van der Waals surface area contributed by atoms with Gasteiger partial charge in [-0.1, -0.05) is 28.8 Å². The van der Waals surface area contributed by atoms with Crippen molar-refractivity contribution >= 4 is 21.6 Å². The Kier molecular flexibility index (Phi) is 2.82. The second-order valence-corrected chi connectivity index (χ2v) is 5.12. The first-order valence-electron chi connectivity index (χ1n) is 5.24. The molecule has 1 aromatic carbocycles. The van der Waals surface area contributed by atoms with Crippen LogP contribution < -0.4 is 5.73 Å². The van der Waals surface area contributed by atoms with Gasteiger partial charge in [-0.2, -0.15) is 0 Å². The number of anilines is 1. The molecule has 0 saturated heterocycles. The van der Waals surface area contributed by atoms with Crippen molar-refractivity contribution in [2.24, 2.45) is 0 Å². The van der Waals surface area contributed by atoms with E-state index in [-0.39, 0.29) is 0 Å². The third-order valence-electron chi connectivity index (χ3n) is 3.18. The minimum absolute atomic E-state index is 0.700. The molecule has 0 aliphatic heterocycles. The lowest BCUT2D eigenvalue weighted by molar-refractivity contribution is 0.724. The van der Waals surface area contributed by atoms with Gasteiger partial charge in [-0.15, -0.1) is 0 Å². The molecular weight excluding hydrogens is 238 g/mol. The molecule has 76 valence electrons.